The molecule has 0 spiro atoms. The summed E-state index contributed by atoms with van der Waals surface area (Å²) in [6, 6.07) is 3.26. The second kappa shape index (κ2) is 11.9. The zero-order chi connectivity index (χ0) is 23.7. The molecule has 1 N–H and O–H groups in total. The van der Waals surface area contributed by atoms with Gasteiger partial charge in [0.2, 0.25) is 11.9 Å². The molecular weight excluding hydrogens is 404 g/mol. The number of anilines is 1. The molecule has 1 fully saturated rings. The third kappa shape index (κ3) is 6.87. The van der Waals surface area contributed by atoms with Gasteiger partial charge in [-0.25, -0.2) is 4.98 Å². The van der Waals surface area contributed by atoms with Gasteiger partial charge in [0.1, 0.15) is 11.5 Å². The van der Waals surface area contributed by atoms with Crippen LogP contribution in [0, 0.1) is 11.8 Å². The van der Waals surface area contributed by atoms with Crippen LogP contribution in [0.15, 0.2) is 52.9 Å². The molecular formula is C24H34N6O2. The molecule has 2 aromatic rings. The van der Waals surface area contributed by atoms with Crippen LogP contribution in [0.2, 0.25) is 0 Å². The monoisotopic (exact) mass is 438 g/mol. The summed E-state index contributed by atoms with van der Waals surface area (Å²) in [7, 11) is 1.68. The Labute approximate surface area is 189 Å². The second-order valence-corrected chi connectivity index (χ2v) is 8.36. The van der Waals surface area contributed by atoms with Gasteiger partial charge in [0.05, 0.1) is 0 Å². The summed E-state index contributed by atoms with van der Waals surface area (Å²) in [6.45, 7) is 13.8. The maximum Gasteiger partial charge on any atom is 0.252 e. The summed E-state index contributed by atoms with van der Waals surface area (Å²) < 4.78 is 1.67. The summed E-state index contributed by atoms with van der Waals surface area (Å²) in [5, 5.41) is 3.85. The molecule has 1 saturated heterocycles. The standard InChI is InChI=1S/C20H24N6O2.C4H10/c1-4-6-16(21-3)23-20-22-11-15-7-8-18(28)26(19(15)24-20)10-9-14-12-25(13-14)17(27)5-2;1-4(2)3/h4-8,11,14H,2,9-10,12-13H2,1,3H3,(H,21,22,23,24);4H,1-3H3/b6-4-;. The first-order chi connectivity index (χ1) is 15.3. The number of aliphatic imine (C=N–C) groups is 1. The Hall–Kier alpha value is -3.29. The number of allylic oxidation sites excluding steroid dienone is 1. The lowest BCUT2D eigenvalue weighted by molar-refractivity contribution is -0.132. The average molecular weight is 439 g/mol. The molecule has 0 bridgehead atoms. The molecule has 0 aromatic carbocycles. The fraction of sp³-hybridized carbons (Fsp3) is 0.458. The molecule has 3 rings (SSSR count). The molecule has 1 aliphatic heterocycles. The maximum atomic E-state index is 12.4. The van der Waals surface area contributed by atoms with Crippen LogP contribution in [0.5, 0.6) is 0 Å². The highest BCUT2D eigenvalue weighted by atomic mass is 16.2. The number of hydrogen-bond donors (Lipinski definition) is 1. The molecule has 0 atom stereocenters. The van der Waals surface area contributed by atoms with Gasteiger partial charge in [0, 0.05) is 44.3 Å². The van der Waals surface area contributed by atoms with E-state index in [1.165, 1.54) is 12.1 Å². The summed E-state index contributed by atoms with van der Waals surface area (Å²) >= 11 is 0. The molecule has 3 heterocycles. The number of aromatic nitrogens is 3. The minimum atomic E-state index is -0.103. The van der Waals surface area contributed by atoms with Crippen molar-refractivity contribution in [3.05, 3.63) is 53.5 Å². The minimum absolute atomic E-state index is 0.0449. The van der Waals surface area contributed by atoms with Crippen LogP contribution in [0.1, 0.15) is 34.1 Å². The van der Waals surface area contributed by atoms with Gasteiger partial charge < -0.3 is 10.2 Å². The predicted molar refractivity (Wildman–Crippen MR) is 131 cm³/mol. The van der Waals surface area contributed by atoms with E-state index in [-0.39, 0.29) is 11.5 Å². The van der Waals surface area contributed by atoms with Crippen molar-refractivity contribution in [3.63, 3.8) is 0 Å². The highest BCUT2D eigenvalue weighted by molar-refractivity contribution is 6.02. The molecule has 32 heavy (non-hydrogen) atoms. The normalized spacial score (nSPS) is 14.3. The molecule has 8 heteroatoms. The topological polar surface area (TPSA) is 92.5 Å². The smallest absolute Gasteiger partial charge is 0.252 e. The lowest BCUT2D eigenvalue weighted by atomic mass is 9.96. The van der Waals surface area contributed by atoms with E-state index in [2.05, 4.69) is 47.6 Å². The van der Waals surface area contributed by atoms with Gasteiger partial charge in [-0.05, 0) is 43.4 Å². The first-order valence-electron chi connectivity index (χ1n) is 10.9. The van der Waals surface area contributed by atoms with Gasteiger partial charge >= 0.3 is 0 Å². The van der Waals surface area contributed by atoms with Crippen LogP contribution in [-0.4, -0.2) is 51.3 Å². The Bertz CT molecular complexity index is 1050. The van der Waals surface area contributed by atoms with E-state index in [4.69, 9.17) is 0 Å². The lowest BCUT2D eigenvalue weighted by Gasteiger charge is -2.38. The minimum Gasteiger partial charge on any atom is -0.338 e. The van der Waals surface area contributed by atoms with Crippen molar-refractivity contribution < 1.29 is 4.79 Å². The average Bonchev–Trinajstić information content (AvgIpc) is 2.72. The number of amides is 1. The van der Waals surface area contributed by atoms with Crippen molar-refractivity contribution in [2.24, 2.45) is 16.8 Å². The van der Waals surface area contributed by atoms with Crippen LogP contribution < -0.4 is 10.9 Å². The number of rotatable bonds is 6. The van der Waals surface area contributed by atoms with Crippen molar-refractivity contribution in [1.29, 1.82) is 0 Å². The Morgan fingerprint density at radius 2 is 2.03 bits per heavy atom. The number of aryl methyl sites for hydroxylation is 1. The van der Waals surface area contributed by atoms with Gasteiger partial charge in [-0.1, -0.05) is 33.4 Å². The van der Waals surface area contributed by atoms with Crippen molar-refractivity contribution in [2.45, 2.75) is 40.7 Å². The Morgan fingerprint density at radius 1 is 1.34 bits per heavy atom. The van der Waals surface area contributed by atoms with Crippen molar-refractivity contribution >= 4 is 28.7 Å². The molecule has 1 amide bonds. The number of likely N-dealkylation sites (tertiary alicyclic amines) is 1. The zero-order valence-electron chi connectivity index (χ0n) is 19.7. The van der Waals surface area contributed by atoms with Gasteiger partial charge in [-0.3, -0.25) is 19.1 Å². The molecule has 0 radical (unpaired) electrons. The first-order valence-corrected chi connectivity index (χ1v) is 10.9. The molecule has 8 nitrogen and oxygen atoms in total. The Kier molecular flexibility index (Phi) is 9.31. The fourth-order valence-corrected chi connectivity index (χ4v) is 3.17. The molecule has 0 aliphatic carbocycles. The second-order valence-electron chi connectivity index (χ2n) is 8.36. The number of amidine groups is 1. The van der Waals surface area contributed by atoms with E-state index in [0.29, 0.717) is 43.0 Å². The summed E-state index contributed by atoms with van der Waals surface area (Å²) in [5.74, 6) is 2.18. The van der Waals surface area contributed by atoms with E-state index < -0.39 is 0 Å². The number of nitrogens with zero attached hydrogens (tertiary/aromatic N) is 5. The van der Waals surface area contributed by atoms with Crippen LogP contribution in [-0.2, 0) is 11.3 Å². The predicted octanol–water partition coefficient (Wildman–Crippen LogP) is 3.50. The zero-order valence-corrected chi connectivity index (χ0v) is 19.7. The third-order valence-corrected chi connectivity index (χ3v) is 4.73. The van der Waals surface area contributed by atoms with Gasteiger partial charge in [0.15, 0.2) is 0 Å². The van der Waals surface area contributed by atoms with Crippen LogP contribution >= 0.6 is 0 Å². The lowest BCUT2D eigenvalue weighted by Crippen LogP contribution is -2.49. The number of pyridine rings is 1. The SMILES string of the molecule is C=CC(=O)N1CC(CCn2c(=O)ccc3cnc(NC(/C=C\C)=NC)nc32)C1.CC(C)C. The highest BCUT2D eigenvalue weighted by Crippen LogP contribution is 2.21. The highest BCUT2D eigenvalue weighted by Gasteiger charge is 2.28. The summed E-state index contributed by atoms with van der Waals surface area (Å²) in [5.41, 5.74) is 0.479. The number of carbonyl (C=O) groups excluding carboxylic acids is 1. The molecule has 0 unspecified atom stereocenters. The van der Waals surface area contributed by atoms with Crippen molar-refractivity contribution in [2.75, 3.05) is 25.5 Å². The van der Waals surface area contributed by atoms with E-state index in [1.54, 1.807) is 28.8 Å². The van der Waals surface area contributed by atoms with E-state index in [1.807, 2.05) is 19.1 Å². The Morgan fingerprint density at radius 3 is 2.62 bits per heavy atom. The van der Waals surface area contributed by atoms with Crippen molar-refractivity contribution in [3.8, 4) is 0 Å². The fourth-order valence-electron chi connectivity index (χ4n) is 3.17. The number of nitrogens with one attached hydrogen (secondary N) is 1. The summed E-state index contributed by atoms with van der Waals surface area (Å²) in [4.78, 5) is 38.7. The van der Waals surface area contributed by atoms with Crippen molar-refractivity contribution in [1.82, 2.24) is 19.4 Å². The third-order valence-electron chi connectivity index (χ3n) is 4.73. The van der Waals surface area contributed by atoms with E-state index in [9.17, 15) is 9.59 Å². The largest absolute Gasteiger partial charge is 0.338 e. The molecule has 2 aromatic heterocycles. The number of carbonyl (C=O) groups is 1. The Balaban J connectivity index is 0.000000837. The van der Waals surface area contributed by atoms with Gasteiger partial charge in [-0.2, -0.15) is 4.98 Å². The van der Waals surface area contributed by atoms with Crippen LogP contribution in [0.3, 0.4) is 0 Å². The summed E-state index contributed by atoms with van der Waals surface area (Å²) in [6.07, 6.45) is 7.51. The molecule has 0 saturated carbocycles. The maximum absolute atomic E-state index is 12.4. The number of fused-ring (bicyclic) bond motifs is 1. The van der Waals surface area contributed by atoms with E-state index >= 15 is 0 Å². The van der Waals surface area contributed by atoms with Crippen LogP contribution in [0.4, 0.5) is 5.95 Å². The molecule has 172 valence electrons. The van der Waals surface area contributed by atoms with E-state index in [0.717, 1.165) is 17.7 Å². The number of hydrogen-bond acceptors (Lipinski definition) is 5. The first kappa shape index (κ1) is 25.0. The van der Waals surface area contributed by atoms with Gasteiger partial charge in [0.25, 0.3) is 5.56 Å². The molecule has 1 aliphatic rings. The van der Waals surface area contributed by atoms with Gasteiger partial charge in [-0.15, -0.1) is 0 Å². The van der Waals surface area contributed by atoms with Crippen LogP contribution in [0.25, 0.3) is 11.0 Å². The quantitative estimate of drug-likeness (QED) is 0.423.